The van der Waals surface area contributed by atoms with Crippen molar-refractivity contribution in [3.8, 4) is 0 Å². The Hall–Kier alpha value is -0.0600. The van der Waals surface area contributed by atoms with Crippen LogP contribution in [0.2, 0.25) is 0 Å². The molecule has 1 N–H and O–H groups in total. The van der Waals surface area contributed by atoms with Gasteiger partial charge in [0.25, 0.3) is 0 Å². The van der Waals surface area contributed by atoms with Crippen molar-refractivity contribution in [3.05, 3.63) is 16.1 Å². The van der Waals surface area contributed by atoms with Crippen molar-refractivity contribution < 1.29 is 0 Å². The Morgan fingerprint density at radius 3 is 2.81 bits per heavy atom. The van der Waals surface area contributed by atoms with Crippen LogP contribution in [0.25, 0.3) is 0 Å². The van der Waals surface area contributed by atoms with E-state index in [1.807, 2.05) is 29.3 Å². The van der Waals surface area contributed by atoms with Crippen molar-refractivity contribution in [2.45, 2.75) is 52.0 Å². The molecule has 0 aromatic carbocycles. The zero-order valence-electron chi connectivity index (χ0n) is 10.7. The van der Waals surface area contributed by atoms with Crippen LogP contribution in [0.1, 0.15) is 44.0 Å². The summed E-state index contributed by atoms with van der Waals surface area (Å²) in [6.45, 7) is 9.71. The van der Waals surface area contributed by atoms with E-state index in [-0.39, 0.29) is 5.54 Å². The van der Waals surface area contributed by atoms with Crippen molar-refractivity contribution >= 4 is 23.1 Å². The van der Waals surface area contributed by atoms with E-state index in [4.69, 9.17) is 0 Å². The summed E-state index contributed by atoms with van der Waals surface area (Å²) in [5, 5.41) is 4.74. The zero-order valence-corrected chi connectivity index (χ0v) is 12.3. The average Bonchev–Trinajstić information content (AvgIpc) is 2.62. The number of rotatable bonds is 6. The molecule has 0 spiro atoms. The van der Waals surface area contributed by atoms with E-state index in [1.54, 1.807) is 0 Å². The fourth-order valence-corrected chi connectivity index (χ4v) is 2.98. The third-order valence-corrected chi connectivity index (χ3v) is 4.32. The molecule has 16 heavy (non-hydrogen) atoms. The summed E-state index contributed by atoms with van der Waals surface area (Å²) >= 11 is 3.80. The van der Waals surface area contributed by atoms with Gasteiger partial charge in [0.05, 0.1) is 0 Å². The second-order valence-corrected chi connectivity index (χ2v) is 7.18. The third kappa shape index (κ3) is 5.87. The van der Waals surface area contributed by atoms with Gasteiger partial charge in [-0.3, -0.25) is 0 Å². The molecule has 0 aliphatic heterocycles. The summed E-state index contributed by atoms with van der Waals surface area (Å²) in [4.78, 5) is 5.78. The van der Waals surface area contributed by atoms with Crippen molar-refractivity contribution in [1.82, 2.24) is 10.3 Å². The van der Waals surface area contributed by atoms with E-state index in [0.29, 0.717) is 0 Å². The van der Waals surface area contributed by atoms with Crippen molar-refractivity contribution in [2.24, 2.45) is 0 Å². The predicted molar refractivity (Wildman–Crippen MR) is 75.2 cm³/mol. The minimum atomic E-state index is 0.182. The number of aromatic nitrogens is 1. The van der Waals surface area contributed by atoms with Gasteiger partial charge in [-0.2, -0.15) is 11.8 Å². The van der Waals surface area contributed by atoms with E-state index in [2.05, 4.69) is 38.0 Å². The normalized spacial score (nSPS) is 12.0. The minimum absolute atomic E-state index is 0.182. The average molecular weight is 258 g/mol. The molecule has 1 heterocycles. The van der Waals surface area contributed by atoms with Gasteiger partial charge in [0, 0.05) is 28.9 Å². The lowest BCUT2D eigenvalue weighted by molar-refractivity contribution is 0.426. The number of thiazole rings is 1. The van der Waals surface area contributed by atoms with Gasteiger partial charge in [0.15, 0.2) is 0 Å². The Labute approximate surface area is 107 Å². The van der Waals surface area contributed by atoms with Crippen molar-refractivity contribution in [2.75, 3.05) is 5.75 Å². The molecule has 1 aromatic heterocycles. The van der Waals surface area contributed by atoms with Gasteiger partial charge in [-0.1, -0.05) is 6.92 Å². The molecule has 1 aromatic rings. The summed E-state index contributed by atoms with van der Waals surface area (Å²) in [7, 11) is 0. The predicted octanol–water partition coefficient (Wildman–Crippen LogP) is 3.67. The molecule has 0 amide bonds. The summed E-state index contributed by atoms with van der Waals surface area (Å²) in [5.41, 5.74) is 0.182. The second-order valence-electron chi connectivity index (χ2n) is 4.88. The Morgan fingerprint density at radius 2 is 2.19 bits per heavy atom. The first-order valence-corrected chi connectivity index (χ1v) is 7.75. The molecule has 0 fully saturated rings. The van der Waals surface area contributed by atoms with Gasteiger partial charge in [-0.15, -0.1) is 11.3 Å². The standard InChI is InChI=1S/C12H22N2S2/c1-5-6-15-9-11-13-7-10(16-11)8-14-12(2,3)4/h7,14H,5-6,8-9H2,1-4H3. The minimum Gasteiger partial charge on any atom is -0.307 e. The highest BCUT2D eigenvalue weighted by molar-refractivity contribution is 7.98. The van der Waals surface area contributed by atoms with Crippen LogP contribution in [0.5, 0.6) is 0 Å². The number of thioether (sulfide) groups is 1. The molecule has 1 rings (SSSR count). The maximum Gasteiger partial charge on any atom is 0.103 e. The first-order chi connectivity index (χ1) is 7.51. The van der Waals surface area contributed by atoms with Crippen LogP contribution < -0.4 is 5.32 Å². The monoisotopic (exact) mass is 258 g/mol. The highest BCUT2D eigenvalue weighted by atomic mass is 32.2. The largest absolute Gasteiger partial charge is 0.307 e. The van der Waals surface area contributed by atoms with Crippen LogP contribution in [0.4, 0.5) is 0 Å². The van der Waals surface area contributed by atoms with Crippen molar-refractivity contribution in [1.29, 1.82) is 0 Å². The van der Waals surface area contributed by atoms with Gasteiger partial charge in [0.1, 0.15) is 5.01 Å². The molecule has 92 valence electrons. The molecular weight excluding hydrogens is 236 g/mol. The Bertz CT molecular complexity index is 302. The number of hydrogen-bond donors (Lipinski definition) is 1. The molecule has 0 aliphatic rings. The molecule has 0 atom stereocenters. The first-order valence-electron chi connectivity index (χ1n) is 5.77. The summed E-state index contributed by atoms with van der Waals surface area (Å²) in [6.07, 6.45) is 3.25. The van der Waals surface area contributed by atoms with E-state index in [0.717, 1.165) is 12.3 Å². The van der Waals surface area contributed by atoms with Gasteiger partial charge >= 0.3 is 0 Å². The van der Waals surface area contributed by atoms with Crippen LogP contribution in [0, 0.1) is 0 Å². The maximum atomic E-state index is 4.45. The summed E-state index contributed by atoms with van der Waals surface area (Å²) in [6, 6.07) is 0. The number of hydrogen-bond acceptors (Lipinski definition) is 4. The highest BCUT2D eigenvalue weighted by Crippen LogP contribution is 2.19. The smallest absolute Gasteiger partial charge is 0.103 e. The van der Waals surface area contributed by atoms with Crippen LogP contribution in [-0.2, 0) is 12.3 Å². The van der Waals surface area contributed by atoms with E-state index in [9.17, 15) is 0 Å². The molecule has 0 saturated carbocycles. The Kier molecular flexibility index (Phi) is 5.79. The fourth-order valence-electron chi connectivity index (χ4n) is 1.15. The Morgan fingerprint density at radius 1 is 1.44 bits per heavy atom. The van der Waals surface area contributed by atoms with Crippen LogP contribution in [0.3, 0.4) is 0 Å². The van der Waals surface area contributed by atoms with Gasteiger partial charge in [-0.05, 0) is 32.9 Å². The molecule has 0 saturated heterocycles. The lowest BCUT2D eigenvalue weighted by atomic mass is 10.1. The van der Waals surface area contributed by atoms with E-state index >= 15 is 0 Å². The lowest BCUT2D eigenvalue weighted by Gasteiger charge is -2.19. The maximum absolute atomic E-state index is 4.45. The summed E-state index contributed by atoms with van der Waals surface area (Å²) < 4.78 is 0. The van der Waals surface area contributed by atoms with Crippen LogP contribution in [-0.4, -0.2) is 16.3 Å². The molecule has 2 nitrogen and oxygen atoms in total. The molecule has 0 unspecified atom stereocenters. The third-order valence-electron chi connectivity index (χ3n) is 1.97. The molecule has 0 radical (unpaired) electrons. The van der Waals surface area contributed by atoms with Gasteiger partial charge in [0.2, 0.25) is 0 Å². The highest BCUT2D eigenvalue weighted by Gasteiger charge is 2.09. The number of nitrogens with zero attached hydrogens (tertiary/aromatic N) is 1. The SMILES string of the molecule is CCCSCc1ncc(CNC(C)(C)C)s1. The Balaban J connectivity index is 2.33. The van der Waals surface area contributed by atoms with Crippen LogP contribution >= 0.6 is 23.1 Å². The van der Waals surface area contributed by atoms with Gasteiger partial charge in [-0.25, -0.2) is 4.98 Å². The first kappa shape index (κ1) is 14.0. The topological polar surface area (TPSA) is 24.9 Å². The van der Waals surface area contributed by atoms with Crippen molar-refractivity contribution in [3.63, 3.8) is 0 Å². The molecule has 0 aliphatic carbocycles. The van der Waals surface area contributed by atoms with Crippen LogP contribution in [0.15, 0.2) is 6.20 Å². The molecule has 0 bridgehead atoms. The summed E-state index contributed by atoms with van der Waals surface area (Å²) in [5.74, 6) is 2.29. The van der Waals surface area contributed by atoms with E-state index < -0.39 is 0 Å². The van der Waals surface area contributed by atoms with E-state index in [1.165, 1.54) is 22.1 Å². The van der Waals surface area contributed by atoms with Gasteiger partial charge < -0.3 is 5.32 Å². The molecular formula is C12H22N2S2. The fraction of sp³-hybridized carbons (Fsp3) is 0.750. The lowest BCUT2D eigenvalue weighted by Crippen LogP contribution is -2.34. The zero-order chi connectivity index (χ0) is 12.0. The molecule has 4 heteroatoms. The second kappa shape index (κ2) is 6.62. The quantitative estimate of drug-likeness (QED) is 0.788. The number of nitrogens with one attached hydrogen (secondary N) is 1.